The van der Waals surface area contributed by atoms with Crippen molar-refractivity contribution in [2.45, 2.75) is 26.2 Å². The molecule has 2 heterocycles. The van der Waals surface area contributed by atoms with E-state index in [9.17, 15) is 9.59 Å². The molecule has 1 aliphatic rings. The Balaban J connectivity index is 1.93. The summed E-state index contributed by atoms with van der Waals surface area (Å²) in [4.78, 5) is 25.4. The number of aryl methyl sites for hydroxylation is 1. The lowest BCUT2D eigenvalue weighted by Crippen LogP contribution is -2.28. The quantitative estimate of drug-likeness (QED) is 0.911. The fourth-order valence-electron chi connectivity index (χ4n) is 2.30. The summed E-state index contributed by atoms with van der Waals surface area (Å²) < 4.78 is 0.998. The third-order valence-electron chi connectivity index (χ3n) is 3.41. The molecule has 0 radical (unpaired) electrons. The maximum absolute atomic E-state index is 12.3. The van der Waals surface area contributed by atoms with Gasteiger partial charge in [0.15, 0.2) is 0 Å². The van der Waals surface area contributed by atoms with Crippen LogP contribution in [0.4, 0.5) is 0 Å². The van der Waals surface area contributed by atoms with Gasteiger partial charge in [-0.05, 0) is 53.2 Å². The number of halogens is 1. The second kappa shape index (κ2) is 6.05. The van der Waals surface area contributed by atoms with Gasteiger partial charge >= 0.3 is 5.97 Å². The lowest BCUT2D eigenvalue weighted by Gasteiger charge is -2.15. The van der Waals surface area contributed by atoms with Crippen LogP contribution in [0.1, 0.15) is 34.5 Å². The molecule has 1 N–H and O–H groups in total. The zero-order chi connectivity index (χ0) is 14.0. The standard InChI is InChI=1S/C13H16BrNO3S/c1-8-6-10(19-12(8)14)13(18)15-5-4-9(7-15)2-3-11(16)17/h6,9H,2-5,7H2,1H3,(H,16,17). The van der Waals surface area contributed by atoms with Crippen LogP contribution in [-0.4, -0.2) is 35.0 Å². The number of carbonyl (C=O) groups excluding carboxylic acids is 1. The zero-order valence-electron chi connectivity index (χ0n) is 10.7. The first-order valence-electron chi connectivity index (χ1n) is 6.24. The summed E-state index contributed by atoms with van der Waals surface area (Å²) >= 11 is 4.89. The van der Waals surface area contributed by atoms with Crippen molar-refractivity contribution in [2.75, 3.05) is 13.1 Å². The maximum atomic E-state index is 12.3. The Bertz CT molecular complexity index is 481. The minimum atomic E-state index is -0.761. The van der Waals surface area contributed by atoms with Crippen LogP contribution < -0.4 is 0 Å². The van der Waals surface area contributed by atoms with Gasteiger partial charge < -0.3 is 10.0 Å². The highest BCUT2D eigenvalue weighted by atomic mass is 79.9. The number of hydrogen-bond donors (Lipinski definition) is 1. The molecule has 1 saturated heterocycles. The number of carboxylic acid groups (broad SMARTS) is 1. The van der Waals surface area contributed by atoms with Crippen molar-refractivity contribution in [3.63, 3.8) is 0 Å². The monoisotopic (exact) mass is 345 g/mol. The number of rotatable bonds is 4. The number of thiophene rings is 1. The van der Waals surface area contributed by atoms with E-state index in [2.05, 4.69) is 15.9 Å². The van der Waals surface area contributed by atoms with Crippen LogP contribution >= 0.6 is 27.3 Å². The molecule has 0 aliphatic carbocycles. The average Bonchev–Trinajstić information content (AvgIpc) is 2.94. The number of likely N-dealkylation sites (tertiary alicyclic amines) is 1. The molecular formula is C13H16BrNO3S. The predicted octanol–water partition coefficient (Wildman–Crippen LogP) is 3.15. The molecule has 0 saturated carbocycles. The van der Waals surface area contributed by atoms with Crippen molar-refractivity contribution < 1.29 is 14.7 Å². The van der Waals surface area contributed by atoms with Crippen LogP contribution in [0.2, 0.25) is 0 Å². The van der Waals surface area contributed by atoms with Crippen LogP contribution in [0.25, 0.3) is 0 Å². The minimum absolute atomic E-state index is 0.0663. The number of hydrogen-bond acceptors (Lipinski definition) is 3. The van der Waals surface area contributed by atoms with Crippen molar-refractivity contribution >= 4 is 39.1 Å². The van der Waals surface area contributed by atoms with Crippen molar-refractivity contribution in [3.05, 3.63) is 20.3 Å². The van der Waals surface area contributed by atoms with Crippen molar-refractivity contribution in [3.8, 4) is 0 Å². The Morgan fingerprint density at radius 3 is 2.89 bits per heavy atom. The molecule has 1 unspecified atom stereocenters. The predicted molar refractivity (Wildman–Crippen MR) is 77.6 cm³/mol. The van der Waals surface area contributed by atoms with Crippen LogP contribution in [0.5, 0.6) is 0 Å². The number of aliphatic carboxylic acids is 1. The molecule has 1 aromatic rings. The fourth-order valence-corrected chi connectivity index (χ4v) is 3.80. The molecule has 6 heteroatoms. The average molecular weight is 346 g/mol. The highest BCUT2D eigenvalue weighted by Gasteiger charge is 2.28. The first-order valence-corrected chi connectivity index (χ1v) is 7.85. The summed E-state index contributed by atoms with van der Waals surface area (Å²) in [5.74, 6) is -0.372. The van der Waals surface area contributed by atoms with Gasteiger partial charge in [-0.25, -0.2) is 0 Å². The highest BCUT2D eigenvalue weighted by Crippen LogP contribution is 2.30. The molecule has 19 heavy (non-hydrogen) atoms. The number of carboxylic acids is 1. The SMILES string of the molecule is Cc1cc(C(=O)N2CCC(CCC(=O)O)C2)sc1Br. The summed E-state index contributed by atoms with van der Waals surface area (Å²) in [6.45, 7) is 3.38. The smallest absolute Gasteiger partial charge is 0.303 e. The molecular weight excluding hydrogens is 330 g/mol. The molecule has 104 valence electrons. The van der Waals surface area contributed by atoms with Crippen LogP contribution in [-0.2, 0) is 4.79 Å². The van der Waals surface area contributed by atoms with E-state index in [1.165, 1.54) is 11.3 Å². The second-order valence-corrected chi connectivity index (χ2v) is 7.28. The summed E-state index contributed by atoms with van der Waals surface area (Å²) in [5, 5.41) is 8.68. The van der Waals surface area contributed by atoms with Gasteiger partial charge in [0.2, 0.25) is 0 Å². The van der Waals surface area contributed by atoms with E-state index in [0.29, 0.717) is 18.9 Å². The van der Waals surface area contributed by atoms with E-state index in [1.807, 2.05) is 17.9 Å². The second-order valence-electron chi connectivity index (χ2n) is 4.91. The van der Waals surface area contributed by atoms with Crippen LogP contribution in [0, 0.1) is 12.8 Å². The Hall–Kier alpha value is -0.880. The zero-order valence-corrected chi connectivity index (χ0v) is 13.1. The minimum Gasteiger partial charge on any atom is -0.481 e. The van der Waals surface area contributed by atoms with Gasteiger partial charge in [0.25, 0.3) is 5.91 Å². The molecule has 4 nitrogen and oxygen atoms in total. The molecule has 1 aromatic heterocycles. The summed E-state index contributed by atoms with van der Waals surface area (Å²) in [5.41, 5.74) is 1.08. The fraction of sp³-hybridized carbons (Fsp3) is 0.538. The normalized spacial score (nSPS) is 18.8. The molecule has 0 spiro atoms. The van der Waals surface area contributed by atoms with Gasteiger partial charge in [-0.3, -0.25) is 9.59 Å². The van der Waals surface area contributed by atoms with Crippen LogP contribution in [0.15, 0.2) is 9.85 Å². The Labute approximate surface area is 124 Å². The van der Waals surface area contributed by atoms with E-state index in [1.54, 1.807) is 0 Å². The first kappa shape index (κ1) is 14.5. The molecule has 0 aromatic carbocycles. The lowest BCUT2D eigenvalue weighted by atomic mass is 10.0. The largest absolute Gasteiger partial charge is 0.481 e. The van der Waals surface area contributed by atoms with E-state index < -0.39 is 5.97 Å². The maximum Gasteiger partial charge on any atom is 0.303 e. The molecule has 2 rings (SSSR count). The van der Waals surface area contributed by atoms with Gasteiger partial charge in [-0.15, -0.1) is 11.3 Å². The van der Waals surface area contributed by atoms with Crippen molar-refractivity contribution in [2.24, 2.45) is 5.92 Å². The van der Waals surface area contributed by atoms with Crippen molar-refractivity contribution in [1.29, 1.82) is 0 Å². The van der Waals surface area contributed by atoms with Gasteiger partial charge in [-0.1, -0.05) is 0 Å². The van der Waals surface area contributed by atoms with Crippen molar-refractivity contribution in [1.82, 2.24) is 4.90 Å². The molecule has 0 bridgehead atoms. The van der Waals surface area contributed by atoms with Gasteiger partial charge in [0.05, 0.1) is 8.66 Å². The third-order valence-corrected chi connectivity index (χ3v) is 5.53. The van der Waals surface area contributed by atoms with Gasteiger partial charge in [0.1, 0.15) is 0 Å². The number of nitrogens with zero attached hydrogens (tertiary/aromatic N) is 1. The van der Waals surface area contributed by atoms with E-state index in [0.717, 1.165) is 27.2 Å². The number of amides is 1. The molecule has 1 atom stereocenters. The van der Waals surface area contributed by atoms with E-state index >= 15 is 0 Å². The Kier molecular flexibility index (Phi) is 4.62. The number of carbonyl (C=O) groups is 2. The van der Waals surface area contributed by atoms with E-state index in [4.69, 9.17) is 5.11 Å². The lowest BCUT2D eigenvalue weighted by molar-refractivity contribution is -0.137. The molecule has 1 fully saturated rings. The van der Waals surface area contributed by atoms with Gasteiger partial charge in [0, 0.05) is 19.5 Å². The summed E-state index contributed by atoms with van der Waals surface area (Å²) in [7, 11) is 0. The molecule has 1 amide bonds. The Morgan fingerprint density at radius 1 is 1.58 bits per heavy atom. The highest BCUT2D eigenvalue weighted by molar-refractivity contribution is 9.11. The topological polar surface area (TPSA) is 57.6 Å². The summed E-state index contributed by atoms with van der Waals surface area (Å²) in [6.07, 6.45) is 1.76. The van der Waals surface area contributed by atoms with E-state index in [-0.39, 0.29) is 12.3 Å². The summed E-state index contributed by atoms with van der Waals surface area (Å²) in [6, 6.07) is 1.90. The first-order chi connectivity index (χ1) is 8.97. The van der Waals surface area contributed by atoms with Gasteiger partial charge in [-0.2, -0.15) is 0 Å². The molecule has 1 aliphatic heterocycles. The Morgan fingerprint density at radius 2 is 2.32 bits per heavy atom. The van der Waals surface area contributed by atoms with Crippen LogP contribution in [0.3, 0.4) is 0 Å². The third kappa shape index (κ3) is 3.57.